The van der Waals surface area contributed by atoms with Crippen LogP contribution in [0.25, 0.3) is 10.9 Å². The molecule has 2 saturated heterocycles. The second-order valence-electron chi connectivity index (χ2n) is 26.7. The van der Waals surface area contributed by atoms with Crippen molar-refractivity contribution in [3.05, 3.63) is 114 Å². The Morgan fingerprint density at radius 3 is 2.08 bits per heavy atom. The number of benzene rings is 3. The number of nitrogens with zero attached hydrogens (tertiary/aromatic N) is 5. The molecule has 0 radical (unpaired) electrons. The Kier molecular flexibility index (Phi) is 35.0. The van der Waals surface area contributed by atoms with E-state index < -0.39 is 126 Å². The molecular weight excluding hydrogens is 1430 g/mol. The van der Waals surface area contributed by atoms with Crippen molar-refractivity contribution in [1.29, 1.82) is 5.41 Å². The molecule has 0 aliphatic carbocycles. The molecule has 2 fully saturated rings. The van der Waals surface area contributed by atoms with Gasteiger partial charge in [-0.15, -0.1) is 5.10 Å². The largest absolute Gasteiger partial charge is 0.508 e. The van der Waals surface area contributed by atoms with Gasteiger partial charge < -0.3 is 98.5 Å². The zero-order valence-electron chi connectivity index (χ0n) is 62.2. The molecule has 37 nitrogen and oxygen atoms in total. The predicted octanol–water partition coefficient (Wildman–Crippen LogP) is -2.15. The maximum Gasteiger partial charge on any atom is 0.334 e. The molecule has 110 heavy (non-hydrogen) atoms. The van der Waals surface area contributed by atoms with Gasteiger partial charge in [-0.25, -0.2) is 10.2 Å². The summed E-state index contributed by atoms with van der Waals surface area (Å²) in [7, 11) is 1.56. The number of nitrogens with two attached hydrogens (primary N) is 2. The van der Waals surface area contributed by atoms with E-state index in [9.17, 15) is 62.6 Å². The molecule has 13 amide bonds. The summed E-state index contributed by atoms with van der Waals surface area (Å²) < 4.78 is 17.6. The molecule has 598 valence electrons. The second kappa shape index (κ2) is 44.9. The summed E-state index contributed by atoms with van der Waals surface area (Å²) in [6.45, 7) is 6.21. The number of aryl methyl sites for hydroxylation is 2. The number of aliphatic hydroxyl groups is 1. The molecule has 9 atom stereocenters. The van der Waals surface area contributed by atoms with E-state index in [0.29, 0.717) is 94.2 Å². The quantitative estimate of drug-likeness (QED) is 0.00855. The Labute approximate surface area is 636 Å². The van der Waals surface area contributed by atoms with Crippen molar-refractivity contribution in [3.63, 3.8) is 0 Å². The number of carbonyl (C=O) groups is 12. The lowest BCUT2D eigenvalue weighted by molar-refractivity contribution is -0.142. The van der Waals surface area contributed by atoms with Gasteiger partial charge in [0, 0.05) is 101 Å². The molecule has 7 rings (SSSR count). The van der Waals surface area contributed by atoms with Gasteiger partial charge in [0.15, 0.2) is 5.96 Å². The standard InChI is InChI=1S/C73H104N20O17/c1-4-52(65(100)84-55(39-46-14-6-5-7-15-46)67(102)88-89-73(107)86-57-38-45(2)93(71(57)106)60(18-12-27-79-72(76)77-3)69(104)83-54(64(75)99)41-48-43-80-53-17-9-8-16-51(48)53)82-66(101)56(42-61(74)96)85-68(103)59-19-13-30-92(59)70(105)58(40-47-21-24-50(95)25-22-47)81-63(98)20-10-11-29-91-44-49(87-90-91)23-26-62(97)78-28-32-108-34-36-110-37-35-109-33-31-94/h5-9,14-17,21-22,24-25,43-45,52,54-60,80,94-95H,4,10-13,18-20,23,26-42H2,1-3H3,(H2,74,96)(H2,75,99)(H,78,97)(H,81,98)(H,82,101)(H,83,104)(H,84,100)(H,85,103)(H,88,102)(H3,76,77,79)(H2,86,89,107)/t45?,52-,54-,55-,56-,57-,58+,59-,60-/m0/s1. The highest BCUT2D eigenvalue weighted by atomic mass is 16.5. The normalized spacial score (nSPS) is 16.3. The van der Waals surface area contributed by atoms with Gasteiger partial charge in [-0.3, -0.25) is 68.3 Å². The number of hydrazine groups is 1. The number of aromatic hydroxyl groups is 1. The Morgan fingerprint density at radius 2 is 1.37 bits per heavy atom. The van der Waals surface area contributed by atoms with E-state index in [1.54, 1.807) is 80.4 Å². The number of H-pyrrole nitrogens is 1. The summed E-state index contributed by atoms with van der Waals surface area (Å²) in [6.07, 6.45) is 4.66. The number of fused-ring (bicyclic) bond motifs is 1. The van der Waals surface area contributed by atoms with Crippen molar-refractivity contribution < 1.29 is 82.0 Å². The molecular formula is C73H104N20O17. The average molecular weight is 1530 g/mol. The third kappa shape index (κ3) is 27.7. The van der Waals surface area contributed by atoms with Crippen LogP contribution in [-0.2, 0) is 99.2 Å². The third-order valence-electron chi connectivity index (χ3n) is 18.4. The van der Waals surface area contributed by atoms with E-state index >= 15 is 0 Å². The summed E-state index contributed by atoms with van der Waals surface area (Å²) in [5.41, 5.74) is 19.2. The number of guanidine groups is 1. The van der Waals surface area contributed by atoms with Gasteiger partial charge in [-0.1, -0.05) is 72.8 Å². The van der Waals surface area contributed by atoms with Crippen LogP contribution in [0.4, 0.5) is 4.79 Å². The number of aliphatic hydroxyl groups excluding tert-OH is 1. The lowest BCUT2D eigenvalue weighted by Crippen LogP contribution is -2.60. The van der Waals surface area contributed by atoms with Crippen LogP contribution >= 0.6 is 0 Å². The van der Waals surface area contributed by atoms with Crippen LogP contribution in [0, 0.1) is 5.41 Å². The molecule has 3 aromatic carbocycles. The van der Waals surface area contributed by atoms with E-state index in [1.165, 1.54) is 21.9 Å². The number of phenols is 1. The molecule has 2 aliphatic rings. The topological polar surface area (TPSA) is 534 Å². The SMILES string of the molecule is CC[C@H](NC(=O)[C@H](CC(N)=O)NC(=O)[C@@H]1CCCN1C(=O)[C@@H](Cc1ccc(O)cc1)NC(=O)CCCCn1cc(CCC(=O)NCCOCCOCCOCCO)nn1)C(=O)N[C@@H](Cc1ccccc1)C(=O)NNC(=O)N[C@H]1CC(C)N([C@@H](CCCNC(=N)NC)C(=O)N[C@@H](Cc2c[nH]c3ccccc23)C(N)=O)C1=O. The van der Waals surface area contributed by atoms with Crippen LogP contribution in [0.2, 0.25) is 0 Å². The Hall–Kier alpha value is -11.3. The monoisotopic (exact) mass is 1530 g/mol. The van der Waals surface area contributed by atoms with Crippen LogP contribution in [0.3, 0.4) is 0 Å². The molecule has 0 bridgehead atoms. The average Bonchev–Trinajstić information content (AvgIpc) is 1.60. The van der Waals surface area contributed by atoms with Gasteiger partial charge in [0.05, 0.1) is 58.4 Å². The van der Waals surface area contributed by atoms with Gasteiger partial charge in [-0.2, -0.15) is 0 Å². The highest BCUT2D eigenvalue weighted by Crippen LogP contribution is 2.27. The summed E-state index contributed by atoms with van der Waals surface area (Å²) >= 11 is 0. The lowest BCUT2D eigenvalue weighted by Gasteiger charge is -2.32. The molecule has 2 aliphatic heterocycles. The number of unbranched alkanes of at least 4 members (excludes halogenated alkanes) is 1. The van der Waals surface area contributed by atoms with Crippen molar-refractivity contribution >= 4 is 87.9 Å². The van der Waals surface area contributed by atoms with Gasteiger partial charge in [0.2, 0.25) is 59.1 Å². The van der Waals surface area contributed by atoms with Crippen LogP contribution in [-0.4, -0.2) is 244 Å². The minimum atomic E-state index is -1.68. The fourth-order valence-electron chi connectivity index (χ4n) is 12.7. The Bertz CT molecular complexity index is 3900. The number of nitrogens with one attached hydrogen (secondary N) is 13. The van der Waals surface area contributed by atoms with Crippen molar-refractivity contribution in [2.75, 3.05) is 72.9 Å². The maximum atomic E-state index is 14.6. The van der Waals surface area contributed by atoms with Crippen molar-refractivity contribution in [3.8, 4) is 5.75 Å². The first kappa shape index (κ1) is 85.9. The summed E-state index contributed by atoms with van der Waals surface area (Å²) in [5, 5.41) is 60.0. The molecule has 2 aromatic heterocycles. The number of phenolic OH excluding ortho intramolecular Hbond substituents is 1. The van der Waals surface area contributed by atoms with Crippen molar-refractivity contribution in [2.45, 2.75) is 171 Å². The Balaban J connectivity index is 0.913. The van der Waals surface area contributed by atoms with Gasteiger partial charge in [0.25, 0.3) is 5.91 Å². The first-order valence-electron chi connectivity index (χ1n) is 36.9. The molecule has 4 heterocycles. The molecule has 0 spiro atoms. The molecule has 37 heteroatoms. The zero-order valence-corrected chi connectivity index (χ0v) is 62.2. The van der Waals surface area contributed by atoms with Gasteiger partial charge in [0.1, 0.15) is 54.1 Å². The smallest absolute Gasteiger partial charge is 0.334 e. The molecule has 19 N–H and O–H groups in total. The highest BCUT2D eigenvalue weighted by molar-refractivity contribution is 5.99. The number of amides is 13. The molecule has 5 aromatic rings. The first-order chi connectivity index (χ1) is 52.9. The van der Waals surface area contributed by atoms with Crippen LogP contribution < -0.4 is 70.2 Å². The van der Waals surface area contributed by atoms with Crippen molar-refractivity contribution in [1.82, 2.24) is 88.5 Å². The van der Waals surface area contributed by atoms with E-state index in [1.807, 2.05) is 24.3 Å². The Morgan fingerprint density at radius 1 is 0.700 bits per heavy atom. The highest BCUT2D eigenvalue weighted by Gasteiger charge is 2.45. The third-order valence-corrected chi connectivity index (χ3v) is 18.4. The number of hydrogen-bond acceptors (Lipinski definition) is 20. The van der Waals surface area contributed by atoms with Gasteiger partial charge >= 0.3 is 6.03 Å². The fraction of sp³-hybridized carbons (Fsp3) is 0.521. The zero-order chi connectivity index (χ0) is 79.5. The summed E-state index contributed by atoms with van der Waals surface area (Å²) in [6, 6.07) is 9.71. The number of hydrogen-bond donors (Lipinski definition) is 17. The van der Waals surface area contributed by atoms with Crippen LogP contribution in [0.5, 0.6) is 5.75 Å². The van der Waals surface area contributed by atoms with E-state index in [2.05, 4.69) is 74.0 Å². The minimum absolute atomic E-state index is 0.00222. The van der Waals surface area contributed by atoms with E-state index in [4.69, 9.17) is 36.2 Å². The van der Waals surface area contributed by atoms with Crippen molar-refractivity contribution in [2.24, 2.45) is 11.5 Å². The number of para-hydroxylation sites is 1. The molecule has 0 saturated carbocycles. The van der Waals surface area contributed by atoms with E-state index in [-0.39, 0.29) is 108 Å². The number of primary amides is 2. The van der Waals surface area contributed by atoms with E-state index in [0.717, 1.165) is 10.9 Å². The van der Waals surface area contributed by atoms with Crippen LogP contribution in [0.1, 0.15) is 107 Å². The number of aromatic nitrogens is 4. The number of carbonyl (C=O) groups excluding carboxylic acids is 12. The summed E-state index contributed by atoms with van der Waals surface area (Å²) in [4.78, 5) is 171. The number of urea groups is 1. The minimum Gasteiger partial charge on any atom is -0.508 e. The number of ether oxygens (including phenoxy) is 3. The number of aromatic amines is 1. The number of likely N-dealkylation sites (tertiary alicyclic amines) is 2. The fourth-order valence-corrected chi connectivity index (χ4v) is 12.7. The lowest BCUT2D eigenvalue weighted by atomic mass is 10.0. The van der Waals surface area contributed by atoms with Gasteiger partial charge in [-0.05, 0) is 93.2 Å². The van der Waals surface area contributed by atoms with Crippen LogP contribution in [0.15, 0.2) is 91.3 Å². The summed E-state index contributed by atoms with van der Waals surface area (Å²) in [5.74, 6) is -8.12. The molecule has 1 unspecified atom stereocenters. The number of rotatable bonds is 46. The predicted molar refractivity (Wildman–Crippen MR) is 399 cm³/mol. The maximum absolute atomic E-state index is 14.6. The second-order valence-corrected chi connectivity index (χ2v) is 26.7. The first-order valence-corrected chi connectivity index (χ1v) is 36.9.